The number of pyridine rings is 2. The third-order valence-corrected chi connectivity index (χ3v) is 2.72. The van der Waals surface area contributed by atoms with Crippen LogP contribution in [0.5, 0.6) is 0 Å². The van der Waals surface area contributed by atoms with Gasteiger partial charge in [-0.05, 0) is 36.7 Å². The highest BCUT2D eigenvalue weighted by molar-refractivity contribution is 5.16. The van der Waals surface area contributed by atoms with Gasteiger partial charge in [0.15, 0.2) is 0 Å². The standard InChI is InChI=1S/C14H16FN3/c1-2-17-14(8-11-4-3-7-16-9-11)13-6-5-12(15)10-18-13/h3-7,9-10,14,17H,2,8H2,1H3. The zero-order valence-corrected chi connectivity index (χ0v) is 10.3. The fourth-order valence-electron chi connectivity index (χ4n) is 1.88. The Morgan fingerprint density at radius 3 is 2.78 bits per heavy atom. The first-order valence-corrected chi connectivity index (χ1v) is 6.03. The van der Waals surface area contributed by atoms with Crippen molar-refractivity contribution in [3.8, 4) is 0 Å². The van der Waals surface area contributed by atoms with Crippen molar-refractivity contribution in [2.75, 3.05) is 6.54 Å². The van der Waals surface area contributed by atoms with Crippen molar-refractivity contribution in [2.24, 2.45) is 0 Å². The van der Waals surface area contributed by atoms with E-state index in [0.29, 0.717) is 0 Å². The van der Waals surface area contributed by atoms with E-state index in [1.807, 2.05) is 25.3 Å². The Morgan fingerprint density at radius 2 is 2.17 bits per heavy atom. The van der Waals surface area contributed by atoms with Gasteiger partial charge < -0.3 is 5.32 Å². The molecule has 2 aromatic heterocycles. The van der Waals surface area contributed by atoms with E-state index in [0.717, 1.165) is 24.2 Å². The van der Waals surface area contributed by atoms with Gasteiger partial charge in [0, 0.05) is 12.4 Å². The Hall–Kier alpha value is -1.81. The van der Waals surface area contributed by atoms with Gasteiger partial charge in [0.1, 0.15) is 5.82 Å². The highest BCUT2D eigenvalue weighted by atomic mass is 19.1. The summed E-state index contributed by atoms with van der Waals surface area (Å²) < 4.78 is 12.9. The molecule has 0 spiro atoms. The minimum absolute atomic E-state index is 0.0831. The summed E-state index contributed by atoms with van der Waals surface area (Å²) in [5, 5.41) is 3.35. The highest BCUT2D eigenvalue weighted by Gasteiger charge is 2.12. The lowest BCUT2D eigenvalue weighted by molar-refractivity contribution is 0.531. The topological polar surface area (TPSA) is 37.8 Å². The molecule has 0 aliphatic heterocycles. The van der Waals surface area contributed by atoms with Crippen LogP contribution < -0.4 is 5.32 Å². The van der Waals surface area contributed by atoms with E-state index in [2.05, 4.69) is 15.3 Å². The molecule has 94 valence electrons. The average Bonchev–Trinajstić information content (AvgIpc) is 2.40. The molecule has 1 N–H and O–H groups in total. The minimum atomic E-state index is -0.310. The summed E-state index contributed by atoms with van der Waals surface area (Å²) in [5.74, 6) is -0.310. The summed E-state index contributed by atoms with van der Waals surface area (Å²) in [6.07, 6.45) is 5.64. The van der Waals surface area contributed by atoms with Crippen LogP contribution in [0, 0.1) is 5.82 Å². The van der Waals surface area contributed by atoms with Crippen LogP contribution in [-0.4, -0.2) is 16.5 Å². The second kappa shape index (κ2) is 6.21. The van der Waals surface area contributed by atoms with Gasteiger partial charge in [-0.3, -0.25) is 9.97 Å². The quantitative estimate of drug-likeness (QED) is 0.879. The van der Waals surface area contributed by atoms with Crippen LogP contribution in [0.15, 0.2) is 42.9 Å². The number of rotatable bonds is 5. The summed E-state index contributed by atoms with van der Waals surface area (Å²) >= 11 is 0. The van der Waals surface area contributed by atoms with Gasteiger partial charge in [0.25, 0.3) is 0 Å². The molecule has 0 fully saturated rings. The molecule has 1 unspecified atom stereocenters. The minimum Gasteiger partial charge on any atom is -0.309 e. The first-order valence-electron chi connectivity index (χ1n) is 6.03. The van der Waals surface area contributed by atoms with E-state index in [1.165, 1.54) is 12.3 Å². The van der Waals surface area contributed by atoms with E-state index in [1.54, 1.807) is 12.3 Å². The van der Waals surface area contributed by atoms with Crippen LogP contribution in [0.25, 0.3) is 0 Å². The second-order valence-electron chi connectivity index (χ2n) is 4.08. The zero-order chi connectivity index (χ0) is 12.8. The summed E-state index contributed by atoms with van der Waals surface area (Å²) in [6, 6.07) is 7.19. The number of hydrogen-bond donors (Lipinski definition) is 1. The van der Waals surface area contributed by atoms with Gasteiger partial charge in [0.05, 0.1) is 17.9 Å². The molecule has 2 rings (SSSR count). The lowest BCUT2D eigenvalue weighted by atomic mass is 10.0. The summed E-state index contributed by atoms with van der Waals surface area (Å²) in [5.41, 5.74) is 1.98. The summed E-state index contributed by atoms with van der Waals surface area (Å²) in [7, 11) is 0. The molecular weight excluding hydrogens is 229 g/mol. The summed E-state index contributed by atoms with van der Waals surface area (Å²) in [6.45, 7) is 2.88. The van der Waals surface area contributed by atoms with Crippen LogP contribution >= 0.6 is 0 Å². The number of nitrogens with zero attached hydrogens (tertiary/aromatic N) is 2. The molecule has 0 saturated carbocycles. The Morgan fingerprint density at radius 1 is 1.28 bits per heavy atom. The number of hydrogen-bond acceptors (Lipinski definition) is 3. The van der Waals surface area contributed by atoms with E-state index in [9.17, 15) is 4.39 Å². The fourth-order valence-corrected chi connectivity index (χ4v) is 1.88. The first-order chi connectivity index (χ1) is 8.79. The van der Waals surface area contributed by atoms with E-state index in [-0.39, 0.29) is 11.9 Å². The van der Waals surface area contributed by atoms with Gasteiger partial charge >= 0.3 is 0 Å². The largest absolute Gasteiger partial charge is 0.309 e. The zero-order valence-electron chi connectivity index (χ0n) is 10.3. The molecule has 0 bridgehead atoms. The van der Waals surface area contributed by atoms with Gasteiger partial charge in [-0.15, -0.1) is 0 Å². The number of nitrogens with one attached hydrogen (secondary N) is 1. The molecule has 0 amide bonds. The molecule has 0 saturated heterocycles. The molecule has 2 heterocycles. The molecule has 3 nitrogen and oxygen atoms in total. The average molecular weight is 245 g/mol. The second-order valence-corrected chi connectivity index (χ2v) is 4.08. The first kappa shape index (κ1) is 12.6. The molecule has 0 aliphatic carbocycles. The predicted molar refractivity (Wildman–Crippen MR) is 68.6 cm³/mol. The predicted octanol–water partition coefficient (Wildman–Crippen LogP) is 2.51. The molecule has 0 aromatic carbocycles. The van der Waals surface area contributed by atoms with Crippen molar-refractivity contribution in [3.05, 3.63) is 59.9 Å². The Kier molecular flexibility index (Phi) is 4.36. The van der Waals surface area contributed by atoms with Gasteiger partial charge in [-0.2, -0.15) is 0 Å². The van der Waals surface area contributed by atoms with Crippen molar-refractivity contribution in [1.29, 1.82) is 0 Å². The molecule has 2 aromatic rings. The Balaban J connectivity index is 2.15. The van der Waals surface area contributed by atoms with Crippen LogP contribution in [-0.2, 0) is 6.42 Å². The summed E-state index contributed by atoms with van der Waals surface area (Å²) in [4.78, 5) is 8.23. The van der Waals surface area contributed by atoms with Gasteiger partial charge in [-0.25, -0.2) is 4.39 Å². The van der Waals surface area contributed by atoms with E-state index >= 15 is 0 Å². The molecule has 18 heavy (non-hydrogen) atoms. The van der Waals surface area contributed by atoms with Crippen LogP contribution in [0.4, 0.5) is 4.39 Å². The number of aromatic nitrogens is 2. The molecular formula is C14H16FN3. The van der Waals surface area contributed by atoms with Crippen LogP contribution in [0.1, 0.15) is 24.2 Å². The van der Waals surface area contributed by atoms with Crippen molar-refractivity contribution < 1.29 is 4.39 Å². The van der Waals surface area contributed by atoms with Crippen molar-refractivity contribution in [3.63, 3.8) is 0 Å². The molecule has 4 heteroatoms. The fraction of sp³-hybridized carbons (Fsp3) is 0.286. The van der Waals surface area contributed by atoms with Crippen LogP contribution in [0.3, 0.4) is 0 Å². The van der Waals surface area contributed by atoms with Gasteiger partial charge in [-0.1, -0.05) is 13.0 Å². The van der Waals surface area contributed by atoms with E-state index < -0.39 is 0 Å². The maximum Gasteiger partial charge on any atom is 0.141 e. The van der Waals surface area contributed by atoms with E-state index in [4.69, 9.17) is 0 Å². The maximum atomic E-state index is 12.9. The van der Waals surface area contributed by atoms with Gasteiger partial charge in [0.2, 0.25) is 0 Å². The molecule has 0 radical (unpaired) electrons. The van der Waals surface area contributed by atoms with Crippen molar-refractivity contribution in [2.45, 2.75) is 19.4 Å². The Labute approximate surface area is 106 Å². The number of likely N-dealkylation sites (N-methyl/N-ethyl adjacent to an activating group) is 1. The lowest BCUT2D eigenvalue weighted by Gasteiger charge is -2.17. The van der Waals surface area contributed by atoms with Crippen molar-refractivity contribution in [1.82, 2.24) is 15.3 Å². The highest BCUT2D eigenvalue weighted by Crippen LogP contribution is 2.16. The third-order valence-electron chi connectivity index (χ3n) is 2.72. The normalized spacial score (nSPS) is 12.3. The van der Waals surface area contributed by atoms with Crippen LogP contribution in [0.2, 0.25) is 0 Å². The molecule has 1 atom stereocenters. The Bertz CT molecular complexity index is 470. The lowest BCUT2D eigenvalue weighted by Crippen LogP contribution is -2.24. The maximum absolute atomic E-state index is 12.9. The monoisotopic (exact) mass is 245 g/mol. The smallest absolute Gasteiger partial charge is 0.141 e. The number of halogens is 1. The van der Waals surface area contributed by atoms with Crippen molar-refractivity contribution >= 4 is 0 Å². The SMILES string of the molecule is CCNC(Cc1cccnc1)c1ccc(F)cn1. The molecule has 0 aliphatic rings. The third kappa shape index (κ3) is 3.34.